The van der Waals surface area contributed by atoms with Crippen molar-refractivity contribution in [2.45, 2.75) is 0 Å². The molecule has 0 bridgehead atoms. The van der Waals surface area contributed by atoms with Crippen LogP contribution in [0, 0.1) is 0 Å². The molecule has 3 aromatic rings. The van der Waals surface area contributed by atoms with Gasteiger partial charge in [0.1, 0.15) is 5.82 Å². The van der Waals surface area contributed by atoms with E-state index >= 15 is 0 Å². The Morgan fingerprint density at radius 2 is 2.00 bits per heavy atom. The first-order chi connectivity index (χ1) is 10.3. The Hall–Kier alpha value is -3.15. The van der Waals surface area contributed by atoms with E-state index in [4.69, 9.17) is 4.42 Å². The molecule has 0 aliphatic rings. The average Bonchev–Trinajstić information content (AvgIpc) is 3.03. The molecule has 21 heavy (non-hydrogen) atoms. The third kappa shape index (κ3) is 2.59. The fraction of sp³-hybridized carbons (Fsp3) is 0. The summed E-state index contributed by atoms with van der Waals surface area (Å²) in [6.45, 7) is 0. The van der Waals surface area contributed by atoms with E-state index in [0.29, 0.717) is 22.8 Å². The van der Waals surface area contributed by atoms with Gasteiger partial charge in [-0.1, -0.05) is 18.2 Å². The highest BCUT2D eigenvalue weighted by molar-refractivity contribution is 5.94. The van der Waals surface area contributed by atoms with Gasteiger partial charge in [-0.2, -0.15) is 0 Å². The highest BCUT2D eigenvalue weighted by Gasteiger charge is 2.18. The maximum atomic E-state index is 11.5. The number of carboxylic acid groups (broad SMARTS) is 1. The Morgan fingerprint density at radius 3 is 2.67 bits per heavy atom. The molecule has 0 radical (unpaired) electrons. The van der Waals surface area contributed by atoms with Crippen LogP contribution in [0.5, 0.6) is 0 Å². The van der Waals surface area contributed by atoms with Crippen molar-refractivity contribution in [3.8, 4) is 11.3 Å². The van der Waals surface area contributed by atoms with Crippen LogP contribution < -0.4 is 4.90 Å². The number of amides is 1. The van der Waals surface area contributed by atoms with Crippen molar-refractivity contribution in [3.63, 3.8) is 0 Å². The summed E-state index contributed by atoms with van der Waals surface area (Å²) in [7, 11) is 0. The van der Waals surface area contributed by atoms with E-state index in [1.807, 2.05) is 6.07 Å². The summed E-state index contributed by atoms with van der Waals surface area (Å²) in [5.74, 6) is 0.847. The van der Waals surface area contributed by atoms with Gasteiger partial charge in [-0.25, -0.2) is 19.7 Å². The van der Waals surface area contributed by atoms with Crippen LogP contribution in [0.4, 0.5) is 16.3 Å². The van der Waals surface area contributed by atoms with Gasteiger partial charge in [-0.05, 0) is 24.3 Å². The first-order valence-electron chi connectivity index (χ1n) is 6.19. The average molecular weight is 281 g/mol. The van der Waals surface area contributed by atoms with Crippen molar-refractivity contribution in [1.29, 1.82) is 0 Å². The number of rotatable bonds is 3. The normalized spacial score (nSPS) is 10.3. The van der Waals surface area contributed by atoms with Crippen LogP contribution in [0.25, 0.3) is 11.3 Å². The molecule has 0 saturated carbocycles. The molecule has 0 aliphatic carbocycles. The lowest BCUT2D eigenvalue weighted by Crippen LogP contribution is -2.24. The van der Waals surface area contributed by atoms with Crippen LogP contribution in [0.15, 0.2) is 65.7 Å². The molecular formula is C15H11N3O3. The van der Waals surface area contributed by atoms with E-state index in [0.717, 1.165) is 4.90 Å². The lowest BCUT2D eigenvalue weighted by atomic mass is 10.2. The number of para-hydroxylation sites is 1. The molecule has 2 heterocycles. The van der Waals surface area contributed by atoms with Crippen LogP contribution in [0.1, 0.15) is 0 Å². The monoisotopic (exact) mass is 281 g/mol. The van der Waals surface area contributed by atoms with Gasteiger partial charge >= 0.3 is 6.09 Å². The topological polar surface area (TPSA) is 79.5 Å². The van der Waals surface area contributed by atoms with Gasteiger partial charge in [0.25, 0.3) is 0 Å². The van der Waals surface area contributed by atoms with Gasteiger partial charge < -0.3 is 9.52 Å². The minimum Gasteiger partial charge on any atom is -0.464 e. The maximum absolute atomic E-state index is 11.5. The van der Waals surface area contributed by atoms with Crippen LogP contribution in [-0.2, 0) is 0 Å². The number of carbonyl (C=O) groups is 1. The minimum atomic E-state index is -1.11. The molecule has 0 atom stereocenters. The third-order valence-electron chi connectivity index (χ3n) is 2.90. The maximum Gasteiger partial charge on any atom is 0.417 e. The second-order valence-electron chi connectivity index (χ2n) is 4.22. The minimum absolute atomic E-state index is 0.294. The van der Waals surface area contributed by atoms with Gasteiger partial charge in [0, 0.05) is 11.8 Å². The SMILES string of the molecule is O=C(O)N(c1ccccc1)c1cc(-c2cnco2)ccn1. The van der Waals surface area contributed by atoms with Gasteiger partial charge in [-0.15, -0.1) is 0 Å². The van der Waals surface area contributed by atoms with E-state index < -0.39 is 6.09 Å². The first-order valence-corrected chi connectivity index (χ1v) is 6.19. The molecule has 1 aromatic carbocycles. The van der Waals surface area contributed by atoms with Crippen molar-refractivity contribution in [3.05, 3.63) is 61.3 Å². The quantitative estimate of drug-likeness (QED) is 0.794. The molecule has 0 saturated heterocycles. The molecule has 0 unspecified atom stereocenters. The molecule has 2 aromatic heterocycles. The summed E-state index contributed by atoms with van der Waals surface area (Å²) >= 11 is 0. The Bertz CT molecular complexity index is 742. The third-order valence-corrected chi connectivity index (χ3v) is 2.90. The van der Waals surface area contributed by atoms with Gasteiger partial charge in [0.05, 0.1) is 11.9 Å². The van der Waals surface area contributed by atoms with Crippen LogP contribution in [0.2, 0.25) is 0 Å². The Kier molecular flexibility index (Phi) is 3.34. The van der Waals surface area contributed by atoms with Crippen molar-refractivity contribution in [2.24, 2.45) is 0 Å². The number of anilines is 2. The zero-order valence-electron chi connectivity index (χ0n) is 10.9. The fourth-order valence-electron chi connectivity index (χ4n) is 1.97. The molecule has 0 fully saturated rings. The Balaban J connectivity index is 2.05. The summed E-state index contributed by atoms with van der Waals surface area (Å²) in [4.78, 5) is 20.6. The number of hydrogen-bond donors (Lipinski definition) is 1. The molecule has 6 heteroatoms. The standard InChI is InChI=1S/C15H11N3O3/c19-15(20)18(12-4-2-1-3-5-12)14-8-11(6-7-17-14)13-9-16-10-21-13/h1-10H,(H,19,20). The molecule has 0 spiro atoms. The number of pyridine rings is 1. The molecule has 1 amide bonds. The molecule has 1 N–H and O–H groups in total. The van der Waals surface area contributed by atoms with E-state index in [1.54, 1.807) is 42.6 Å². The highest BCUT2D eigenvalue weighted by Crippen LogP contribution is 2.27. The summed E-state index contributed by atoms with van der Waals surface area (Å²) in [5.41, 5.74) is 1.23. The van der Waals surface area contributed by atoms with E-state index in [9.17, 15) is 9.90 Å². The zero-order chi connectivity index (χ0) is 14.7. The summed E-state index contributed by atoms with van der Waals surface area (Å²) in [6.07, 6.45) is 3.31. The largest absolute Gasteiger partial charge is 0.464 e. The highest BCUT2D eigenvalue weighted by atomic mass is 16.4. The van der Waals surface area contributed by atoms with Gasteiger partial charge in [0.2, 0.25) is 0 Å². The number of benzene rings is 1. The van der Waals surface area contributed by atoms with E-state index in [-0.39, 0.29) is 0 Å². The predicted octanol–water partition coefficient (Wildman–Crippen LogP) is 3.55. The van der Waals surface area contributed by atoms with Gasteiger partial charge in [-0.3, -0.25) is 0 Å². The van der Waals surface area contributed by atoms with Crippen molar-refractivity contribution >= 4 is 17.6 Å². The number of aromatic nitrogens is 2. The first kappa shape index (κ1) is 12.9. The number of oxazole rings is 1. The van der Waals surface area contributed by atoms with Crippen LogP contribution in [0.3, 0.4) is 0 Å². The number of hydrogen-bond acceptors (Lipinski definition) is 4. The Labute approximate surface area is 120 Å². The zero-order valence-corrected chi connectivity index (χ0v) is 10.9. The van der Waals surface area contributed by atoms with Crippen LogP contribution >= 0.6 is 0 Å². The molecule has 3 rings (SSSR count). The smallest absolute Gasteiger partial charge is 0.417 e. The predicted molar refractivity (Wildman–Crippen MR) is 76.3 cm³/mol. The molecular weight excluding hydrogens is 270 g/mol. The van der Waals surface area contributed by atoms with Crippen molar-refractivity contribution < 1.29 is 14.3 Å². The summed E-state index contributed by atoms with van der Waals surface area (Å²) in [5, 5.41) is 9.45. The van der Waals surface area contributed by atoms with E-state index in [2.05, 4.69) is 9.97 Å². The van der Waals surface area contributed by atoms with Crippen molar-refractivity contribution in [2.75, 3.05) is 4.90 Å². The Morgan fingerprint density at radius 1 is 1.19 bits per heavy atom. The second-order valence-corrected chi connectivity index (χ2v) is 4.22. The van der Waals surface area contributed by atoms with Gasteiger partial charge in [0.15, 0.2) is 12.2 Å². The second kappa shape index (κ2) is 5.46. The summed E-state index contributed by atoms with van der Waals surface area (Å²) in [6, 6.07) is 12.1. The lowest BCUT2D eigenvalue weighted by Gasteiger charge is -2.18. The molecule has 6 nitrogen and oxygen atoms in total. The lowest BCUT2D eigenvalue weighted by molar-refractivity contribution is 0.204. The molecule has 104 valence electrons. The summed E-state index contributed by atoms with van der Waals surface area (Å²) < 4.78 is 5.22. The fourth-order valence-corrected chi connectivity index (χ4v) is 1.97. The molecule has 0 aliphatic heterocycles. The van der Waals surface area contributed by atoms with Crippen LogP contribution in [-0.4, -0.2) is 21.2 Å². The van der Waals surface area contributed by atoms with Crippen molar-refractivity contribution in [1.82, 2.24) is 9.97 Å². The number of nitrogens with zero attached hydrogens (tertiary/aromatic N) is 3. The van der Waals surface area contributed by atoms with E-state index in [1.165, 1.54) is 12.6 Å².